The number of nitrogens with zero attached hydrogens (tertiary/aromatic N) is 2. The number of H-pyrrole nitrogens is 1. The molecule has 2 aromatic carbocycles. The van der Waals surface area contributed by atoms with E-state index >= 15 is 0 Å². The Balaban J connectivity index is 1.59. The number of hydrogen-bond donors (Lipinski definition) is 2. The lowest BCUT2D eigenvalue weighted by Gasteiger charge is -2.33. The van der Waals surface area contributed by atoms with Gasteiger partial charge in [0.25, 0.3) is 5.56 Å². The van der Waals surface area contributed by atoms with Crippen molar-refractivity contribution < 1.29 is 33.3 Å². The number of carbonyl (C=O) groups excluding carboxylic acids is 3. The van der Waals surface area contributed by atoms with Gasteiger partial charge in [0, 0.05) is 6.92 Å². The SMILES string of the molecule is CC(=O)O[C@]1(C)[C@@H](COC(=O)c2ccccc2)O[C@@H](n2c(=O)sc3c(=O)[nH]c(N)nc32)[C@@H]1OC(=O)c1ccccc1. The number of nitrogens with one attached hydrogen (secondary N) is 1. The number of aromatic amines is 1. The molecule has 212 valence electrons. The van der Waals surface area contributed by atoms with Crippen molar-refractivity contribution in [3.05, 3.63) is 91.8 Å². The van der Waals surface area contributed by atoms with Gasteiger partial charge in [-0.3, -0.25) is 23.9 Å². The maximum atomic E-state index is 13.2. The van der Waals surface area contributed by atoms with Gasteiger partial charge >= 0.3 is 22.8 Å². The zero-order chi connectivity index (χ0) is 29.3. The maximum Gasteiger partial charge on any atom is 0.338 e. The van der Waals surface area contributed by atoms with Crippen LogP contribution < -0.4 is 16.2 Å². The highest BCUT2D eigenvalue weighted by atomic mass is 32.1. The molecule has 14 heteroatoms. The number of ether oxygens (including phenoxy) is 4. The van der Waals surface area contributed by atoms with E-state index in [1.54, 1.807) is 48.5 Å². The third kappa shape index (κ3) is 5.34. The van der Waals surface area contributed by atoms with Gasteiger partial charge in [0.15, 0.2) is 23.6 Å². The summed E-state index contributed by atoms with van der Waals surface area (Å²) in [6.07, 6.45) is -4.14. The number of aromatic nitrogens is 3. The molecule has 0 saturated carbocycles. The van der Waals surface area contributed by atoms with Crippen molar-refractivity contribution in [3.63, 3.8) is 0 Å². The standard InChI is InChI=1S/C27H24N4O9S/c1-14(32)40-27(2)17(13-37-23(34)15-9-5-3-6-10-15)38-22(19(27)39-24(35)16-11-7-4-8-12-16)31-20-18(41-26(31)36)21(33)30-25(28)29-20/h3-12,17,19,22H,13H2,1-2H3,(H3,28,29,30,33)/t17-,19+,22-,27-/m1/s1. The first-order valence-corrected chi connectivity index (χ1v) is 13.1. The second kappa shape index (κ2) is 11.0. The molecule has 3 heterocycles. The van der Waals surface area contributed by atoms with E-state index in [2.05, 4.69) is 9.97 Å². The third-order valence-corrected chi connectivity index (χ3v) is 7.44. The number of hydrogen-bond acceptors (Lipinski definition) is 12. The molecule has 2 aromatic heterocycles. The predicted molar refractivity (Wildman–Crippen MR) is 145 cm³/mol. The second-order valence-electron chi connectivity index (χ2n) is 9.29. The van der Waals surface area contributed by atoms with Crippen LogP contribution in [-0.2, 0) is 23.7 Å². The van der Waals surface area contributed by atoms with E-state index in [0.29, 0.717) is 11.3 Å². The van der Waals surface area contributed by atoms with Gasteiger partial charge in [0.2, 0.25) is 5.95 Å². The molecule has 0 unspecified atom stereocenters. The molecule has 0 bridgehead atoms. The van der Waals surface area contributed by atoms with Crippen LogP contribution in [0.25, 0.3) is 10.3 Å². The number of benzene rings is 2. The summed E-state index contributed by atoms with van der Waals surface area (Å²) in [5, 5.41) is 0. The largest absolute Gasteiger partial charge is 0.459 e. The van der Waals surface area contributed by atoms with Crippen LogP contribution >= 0.6 is 11.3 Å². The number of rotatable bonds is 7. The van der Waals surface area contributed by atoms with Gasteiger partial charge in [-0.15, -0.1) is 0 Å². The molecule has 4 aromatic rings. The van der Waals surface area contributed by atoms with Crippen LogP contribution in [0.5, 0.6) is 0 Å². The van der Waals surface area contributed by atoms with Crippen molar-refractivity contribution >= 4 is 45.5 Å². The average molecular weight is 581 g/mol. The Morgan fingerprint density at radius 1 is 1.05 bits per heavy atom. The summed E-state index contributed by atoms with van der Waals surface area (Å²) in [7, 11) is 0. The van der Waals surface area contributed by atoms with Crippen molar-refractivity contribution in [1.29, 1.82) is 0 Å². The molecule has 4 atom stereocenters. The minimum Gasteiger partial charge on any atom is -0.459 e. The van der Waals surface area contributed by atoms with E-state index in [1.807, 2.05) is 0 Å². The molecule has 3 N–H and O–H groups in total. The van der Waals surface area contributed by atoms with Crippen LogP contribution in [0.4, 0.5) is 5.95 Å². The fraction of sp³-hybridized carbons (Fsp3) is 0.259. The highest BCUT2D eigenvalue weighted by Crippen LogP contribution is 2.43. The second-order valence-corrected chi connectivity index (χ2v) is 10.3. The number of nitrogen functional groups attached to an aromatic ring is 1. The Labute approximate surface area is 235 Å². The molecule has 1 aliphatic rings. The van der Waals surface area contributed by atoms with Gasteiger partial charge in [-0.2, -0.15) is 4.98 Å². The minimum atomic E-state index is -1.77. The molecular weight excluding hydrogens is 556 g/mol. The molecule has 1 saturated heterocycles. The molecule has 1 fully saturated rings. The number of thiazole rings is 1. The highest BCUT2D eigenvalue weighted by molar-refractivity contribution is 7.16. The molecular formula is C27H24N4O9S. The van der Waals surface area contributed by atoms with Gasteiger partial charge in [0.05, 0.1) is 11.1 Å². The van der Waals surface area contributed by atoms with E-state index in [-0.39, 0.29) is 27.4 Å². The van der Waals surface area contributed by atoms with Crippen LogP contribution in [0.2, 0.25) is 0 Å². The van der Waals surface area contributed by atoms with Gasteiger partial charge in [-0.05, 0) is 31.2 Å². The number of anilines is 1. The summed E-state index contributed by atoms with van der Waals surface area (Å²) in [5.41, 5.74) is 3.64. The Kier molecular flexibility index (Phi) is 7.43. The number of esters is 3. The summed E-state index contributed by atoms with van der Waals surface area (Å²) in [5.74, 6) is -2.50. The van der Waals surface area contributed by atoms with Gasteiger partial charge in [-0.1, -0.05) is 47.7 Å². The van der Waals surface area contributed by atoms with E-state index < -0.39 is 59.0 Å². The quantitative estimate of drug-likeness (QED) is 0.241. The van der Waals surface area contributed by atoms with Crippen molar-refractivity contribution in [2.24, 2.45) is 0 Å². The molecule has 1 aliphatic heterocycles. The van der Waals surface area contributed by atoms with E-state index in [9.17, 15) is 24.0 Å². The molecule has 41 heavy (non-hydrogen) atoms. The Bertz CT molecular complexity index is 1730. The highest BCUT2D eigenvalue weighted by Gasteiger charge is 2.60. The lowest BCUT2D eigenvalue weighted by atomic mass is 9.93. The van der Waals surface area contributed by atoms with E-state index in [0.717, 1.165) is 11.5 Å². The maximum absolute atomic E-state index is 13.2. The first kappa shape index (κ1) is 27.7. The number of carbonyl (C=O) groups is 3. The Hall–Kier alpha value is -4.82. The van der Waals surface area contributed by atoms with Gasteiger partial charge in [0.1, 0.15) is 17.4 Å². The van der Waals surface area contributed by atoms with Crippen molar-refractivity contribution in [3.8, 4) is 0 Å². The van der Waals surface area contributed by atoms with Crippen molar-refractivity contribution in [1.82, 2.24) is 14.5 Å². The van der Waals surface area contributed by atoms with Gasteiger partial charge < -0.3 is 24.7 Å². The fourth-order valence-electron chi connectivity index (χ4n) is 4.59. The van der Waals surface area contributed by atoms with Crippen molar-refractivity contribution in [2.45, 2.75) is 37.9 Å². The third-order valence-electron chi connectivity index (χ3n) is 6.50. The fourth-order valence-corrected chi connectivity index (χ4v) is 5.43. The monoisotopic (exact) mass is 580 g/mol. The average Bonchev–Trinajstić information content (AvgIpc) is 3.40. The molecule has 13 nitrogen and oxygen atoms in total. The van der Waals surface area contributed by atoms with Crippen molar-refractivity contribution in [2.75, 3.05) is 12.3 Å². The van der Waals surface area contributed by atoms with Crippen LogP contribution in [0, 0.1) is 0 Å². The zero-order valence-corrected chi connectivity index (χ0v) is 22.6. The van der Waals surface area contributed by atoms with Crippen LogP contribution in [-0.4, -0.2) is 56.9 Å². The van der Waals surface area contributed by atoms with Gasteiger partial charge in [-0.25, -0.2) is 9.59 Å². The van der Waals surface area contributed by atoms with E-state index in [1.165, 1.54) is 19.1 Å². The Morgan fingerprint density at radius 2 is 1.66 bits per heavy atom. The molecule has 0 radical (unpaired) electrons. The molecule has 0 spiro atoms. The smallest absolute Gasteiger partial charge is 0.338 e. The summed E-state index contributed by atoms with van der Waals surface area (Å²) in [4.78, 5) is 69.7. The zero-order valence-electron chi connectivity index (χ0n) is 21.8. The Morgan fingerprint density at radius 3 is 2.27 bits per heavy atom. The summed E-state index contributed by atoms with van der Waals surface area (Å²) < 4.78 is 24.1. The molecule has 5 rings (SSSR count). The normalized spacial score (nSPS) is 21.9. The number of fused-ring (bicyclic) bond motifs is 1. The molecule has 0 aliphatic carbocycles. The van der Waals surface area contributed by atoms with Crippen LogP contribution in [0.3, 0.4) is 0 Å². The summed E-state index contributed by atoms with van der Waals surface area (Å²) >= 11 is 0.581. The van der Waals surface area contributed by atoms with Crippen LogP contribution in [0.15, 0.2) is 70.3 Å². The summed E-state index contributed by atoms with van der Waals surface area (Å²) in [6.45, 7) is 2.14. The van der Waals surface area contributed by atoms with E-state index in [4.69, 9.17) is 24.7 Å². The first-order chi connectivity index (χ1) is 19.6. The first-order valence-electron chi connectivity index (χ1n) is 12.3. The molecule has 0 amide bonds. The summed E-state index contributed by atoms with van der Waals surface area (Å²) in [6, 6.07) is 16.2. The lowest BCUT2D eigenvalue weighted by Crippen LogP contribution is -2.52. The number of nitrogens with two attached hydrogens (primary N) is 1. The lowest BCUT2D eigenvalue weighted by molar-refractivity contribution is -0.172. The van der Waals surface area contributed by atoms with Crippen LogP contribution in [0.1, 0.15) is 40.8 Å². The predicted octanol–water partition coefficient (Wildman–Crippen LogP) is 2.03. The minimum absolute atomic E-state index is 0.0471. The topological polar surface area (TPSA) is 182 Å².